The van der Waals surface area contributed by atoms with Crippen LogP contribution in [0, 0.1) is 0 Å². The van der Waals surface area contributed by atoms with Crippen LogP contribution in [-0.2, 0) is 16.6 Å². The minimum absolute atomic E-state index is 0.0864. The summed E-state index contributed by atoms with van der Waals surface area (Å²) in [5, 5.41) is 0.103. The van der Waals surface area contributed by atoms with Crippen LogP contribution in [-0.4, -0.2) is 8.42 Å². The number of nitrogens with one attached hydrogen (secondary N) is 1. The molecule has 0 aliphatic carbocycles. The van der Waals surface area contributed by atoms with Crippen molar-refractivity contribution >= 4 is 43.2 Å². The van der Waals surface area contributed by atoms with E-state index in [-0.39, 0.29) is 22.2 Å². The first-order chi connectivity index (χ1) is 9.40. The highest BCUT2D eigenvalue weighted by molar-refractivity contribution is 9.10. The van der Waals surface area contributed by atoms with E-state index in [0.717, 1.165) is 10.0 Å². The van der Waals surface area contributed by atoms with Gasteiger partial charge in [0.1, 0.15) is 4.90 Å². The van der Waals surface area contributed by atoms with E-state index in [1.165, 1.54) is 12.1 Å². The molecule has 0 unspecified atom stereocenters. The number of hydrogen-bond acceptors (Lipinski definition) is 3. The fourth-order valence-electron chi connectivity index (χ4n) is 1.71. The Bertz CT molecular complexity index is 715. The molecule has 0 saturated heterocycles. The minimum Gasteiger partial charge on any atom is -0.398 e. The zero-order valence-electron chi connectivity index (χ0n) is 10.3. The van der Waals surface area contributed by atoms with Gasteiger partial charge in [-0.1, -0.05) is 45.7 Å². The second kappa shape index (κ2) is 6.13. The lowest BCUT2D eigenvalue weighted by Crippen LogP contribution is -2.24. The van der Waals surface area contributed by atoms with Crippen LogP contribution in [0.4, 0.5) is 5.69 Å². The van der Waals surface area contributed by atoms with Crippen molar-refractivity contribution < 1.29 is 8.42 Å². The van der Waals surface area contributed by atoms with Crippen LogP contribution in [0.15, 0.2) is 51.8 Å². The summed E-state index contributed by atoms with van der Waals surface area (Å²) in [7, 11) is -3.75. The summed E-state index contributed by atoms with van der Waals surface area (Å²) in [5.74, 6) is 0. The summed E-state index contributed by atoms with van der Waals surface area (Å²) in [5.41, 5.74) is 6.64. The molecule has 7 heteroatoms. The Morgan fingerprint density at radius 2 is 1.90 bits per heavy atom. The molecule has 0 radical (unpaired) electrons. The third kappa shape index (κ3) is 3.52. The standard InChI is InChI=1S/C13H12BrClN2O2S/c14-10-4-1-3-9(7-10)8-17-20(18,19)13-11(15)5-2-6-12(13)16/h1-7,17H,8,16H2. The molecule has 2 aromatic rings. The topological polar surface area (TPSA) is 72.2 Å². The second-order valence-corrected chi connectivity index (χ2v) is 7.14. The maximum Gasteiger partial charge on any atom is 0.244 e. The lowest BCUT2D eigenvalue weighted by Gasteiger charge is -2.10. The van der Waals surface area contributed by atoms with Gasteiger partial charge in [-0.2, -0.15) is 0 Å². The van der Waals surface area contributed by atoms with Crippen LogP contribution in [0.25, 0.3) is 0 Å². The monoisotopic (exact) mass is 374 g/mol. The Morgan fingerprint density at radius 3 is 2.55 bits per heavy atom. The van der Waals surface area contributed by atoms with Gasteiger partial charge in [-0.3, -0.25) is 0 Å². The molecule has 0 aliphatic rings. The highest BCUT2D eigenvalue weighted by Crippen LogP contribution is 2.27. The Kier molecular flexibility index (Phi) is 4.70. The number of nitrogen functional groups attached to an aromatic ring is 1. The van der Waals surface area contributed by atoms with Gasteiger partial charge in [0, 0.05) is 11.0 Å². The first-order valence-electron chi connectivity index (χ1n) is 5.68. The Balaban J connectivity index is 2.24. The van der Waals surface area contributed by atoms with Gasteiger partial charge in [0.2, 0.25) is 10.0 Å². The van der Waals surface area contributed by atoms with Gasteiger partial charge in [0.15, 0.2) is 0 Å². The van der Waals surface area contributed by atoms with E-state index in [1.807, 2.05) is 24.3 Å². The number of nitrogens with two attached hydrogens (primary N) is 1. The van der Waals surface area contributed by atoms with Crippen molar-refractivity contribution in [3.05, 3.63) is 57.5 Å². The predicted octanol–water partition coefficient (Wildman–Crippen LogP) is 3.16. The summed E-state index contributed by atoms with van der Waals surface area (Å²) < 4.78 is 27.9. The van der Waals surface area contributed by atoms with Crippen LogP contribution in [0.5, 0.6) is 0 Å². The fraction of sp³-hybridized carbons (Fsp3) is 0.0769. The van der Waals surface area contributed by atoms with Crippen molar-refractivity contribution in [3.63, 3.8) is 0 Å². The molecular formula is C13H12BrClN2O2S. The lowest BCUT2D eigenvalue weighted by molar-refractivity contribution is 0.582. The molecule has 0 atom stereocenters. The minimum atomic E-state index is -3.75. The summed E-state index contributed by atoms with van der Waals surface area (Å²) in [6.07, 6.45) is 0. The van der Waals surface area contributed by atoms with E-state index in [0.29, 0.717) is 0 Å². The van der Waals surface area contributed by atoms with E-state index >= 15 is 0 Å². The average molecular weight is 376 g/mol. The van der Waals surface area contributed by atoms with Crippen molar-refractivity contribution in [1.82, 2.24) is 4.72 Å². The largest absolute Gasteiger partial charge is 0.398 e. The molecule has 2 aromatic carbocycles. The predicted molar refractivity (Wildman–Crippen MR) is 84.0 cm³/mol. The highest BCUT2D eigenvalue weighted by atomic mass is 79.9. The van der Waals surface area contributed by atoms with E-state index in [9.17, 15) is 8.42 Å². The molecular weight excluding hydrogens is 364 g/mol. The molecule has 4 nitrogen and oxygen atoms in total. The number of anilines is 1. The molecule has 0 spiro atoms. The van der Waals surface area contributed by atoms with E-state index < -0.39 is 10.0 Å². The van der Waals surface area contributed by atoms with E-state index in [4.69, 9.17) is 17.3 Å². The molecule has 0 aliphatic heterocycles. The maximum atomic E-state index is 12.2. The van der Waals surface area contributed by atoms with Crippen LogP contribution in [0.2, 0.25) is 5.02 Å². The quantitative estimate of drug-likeness (QED) is 0.806. The number of sulfonamides is 1. The molecule has 0 bridgehead atoms. The van der Waals surface area contributed by atoms with E-state index in [2.05, 4.69) is 20.7 Å². The van der Waals surface area contributed by atoms with Gasteiger partial charge >= 0.3 is 0 Å². The van der Waals surface area contributed by atoms with Crippen molar-refractivity contribution in [2.45, 2.75) is 11.4 Å². The average Bonchev–Trinajstić information content (AvgIpc) is 2.36. The van der Waals surface area contributed by atoms with Gasteiger partial charge < -0.3 is 5.73 Å². The van der Waals surface area contributed by atoms with Crippen LogP contribution < -0.4 is 10.5 Å². The van der Waals surface area contributed by atoms with Gasteiger partial charge in [-0.05, 0) is 29.8 Å². The first-order valence-corrected chi connectivity index (χ1v) is 8.33. The van der Waals surface area contributed by atoms with Crippen molar-refractivity contribution in [2.75, 3.05) is 5.73 Å². The fourth-order valence-corrected chi connectivity index (χ4v) is 3.84. The Morgan fingerprint density at radius 1 is 1.20 bits per heavy atom. The Labute approximate surface area is 131 Å². The van der Waals surface area contributed by atoms with Gasteiger partial charge in [-0.25, -0.2) is 13.1 Å². The summed E-state index contributed by atoms with van der Waals surface area (Å²) >= 11 is 9.25. The molecule has 0 aromatic heterocycles. The lowest BCUT2D eigenvalue weighted by atomic mass is 10.2. The molecule has 2 rings (SSSR count). The second-order valence-electron chi connectivity index (χ2n) is 4.11. The van der Waals surface area contributed by atoms with Crippen molar-refractivity contribution in [1.29, 1.82) is 0 Å². The molecule has 106 valence electrons. The molecule has 0 fully saturated rings. The van der Waals surface area contributed by atoms with Crippen LogP contribution in [0.3, 0.4) is 0 Å². The molecule has 3 N–H and O–H groups in total. The number of rotatable bonds is 4. The molecule has 0 saturated carbocycles. The number of hydrogen-bond donors (Lipinski definition) is 2. The number of halogens is 2. The Hall–Kier alpha value is -1.08. The SMILES string of the molecule is Nc1cccc(Cl)c1S(=O)(=O)NCc1cccc(Br)c1. The first kappa shape index (κ1) is 15.3. The molecule has 0 amide bonds. The summed E-state index contributed by atoms with van der Waals surface area (Å²) in [4.78, 5) is -0.0864. The van der Waals surface area contributed by atoms with Crippen LogP contribution in [0.1, 0.15) is 5.56 Å². The third-order valence-electron chi connectivity index (χ3n) is 2.62. The third-order valence-corrected chi connectivity index (χ3v) is 5.06. The summed E-state index contributed by atoms with van der Waals surface area (Å²) in [6, 6.07) is 11.9. The zero-order valence-corrected chi connectivity index (χ0v) is 13.5. The van der Waals surface area contributed by atoms with E-state index in [1.54, 1.807) is 6.07 Å². The molecule has 0 heterocycles. The van der Waals surface area contributed by atoms with Gasteiger partial charge in [0.05, 0.1) is 10.7 Å². The summed E-state index contributed by atoms with van der Waals surface area (Å²) in [6.45, 7) is 0.159. The molecule has 20 heavy (non-hydrogen) atoms. The van der Waals surface area contributed by atoms with Gasteiger partial charge in [-0.15, -0.1) is 0 Å². The van der Waals surface area contributed by atoms with Crippen molar-refractivity contribution in [2.24, 2.45) is 0 Å². The normalized spacial score (nSPS) is 11.5. The zero-order chi connectivity index (χ0) is 14.8. The maximum absolute atomic E-state index is 12.2. The number of benzene rings is 2. The van der Waals surface area contributed by atoms with Crippen LogP contribution >= 0.6 is 27.5 Å². The van der Waals surface area contributed by atoms with Gasteiger partial charge in [0.25, 0.3) is 0 Å². The smallest absolute Gasteiger partial charge is 0.244 e. The highest BCUT2D eigenvalue weighted by Gasteiger charge is 2.20. The van der Waals surface area contributed by atoms with Crippen molar-refractivity contribution in [3.8, 4) is 0 Å².